The van der Waals surface area contributed by atoms with Crippen LogP contribution in [0.15, 0.2) is 54.6 Å². The number of benzene rings is 2. The van der Waals surface area contributed by atoms with E-state index in [1.54, 1.807) is 36.3 Å². The first-order valence-electron chi connectivity index (χ1n) is 7.87. The number of rotatable bonds is 8. The minimum atomic E-state index is -0.381. The number of hydrogen-bond acceptors (Lipinski definition) is 5. The summed E-state index contributed by atoms with van der Waals surface area (Å²) in [6.07, 6.45) is 0. The molecule has 0 aromatic heterocycles. The molecule has 0 saturated carbocycles. The van der Waals surface area contributed by atoms with Crippen LogP contribution in [0.2, 0.25) is 0 Å². The number of esters is 1. The van der Waals surface area contributed by atoms with Gasteiger partial charge in [0.1, 0.15) is 5.75 Å². The SMILES string of the molecule is COC(=O)CN(CC(=O)Nc1ccc(OC)cc1)Cc1ccccc1. The van der Waals surface area contributed by atoms with E-state index in [9.17, 15) is 9.59 Å². The summed E-state index contributed by atoms with van der Waals surface area (Å²) >= 11 is 0. The predicted molar refractivity (Wildman–Crippen MR) is 95.4 cm³/mol. The Labute approximate surface area is 147 Å². The highest BCUT2D eigenvalue weighted by Crippen LogP contribution is 2.15. The highest BCUT2D eigenvalue weighted by molar-refractivity contribution is 5.92. The number of hydrogen-bond donors (Lipinski definition) is 1. The van der Waals surface area contributed by atoms with E-state index < -0.39 is 0 Å². The Morgan fingerprint density at radius 1 is 0.960 bits per heavy atom. The lowest BCUT2D eigenvalue weighted by Crippen LogP contribution is -2.36. The van der Waals surface area contributed by atoms with E-state index in [2.05, 4.69) is 5.32 Å². The van der Waals surface area contributed by atoms with Crippen molar-refractivity contribution < 1.29 is 19.1 Å². The summed E-state index contributed by atoms with van der Waals surface area (Å²) < 4.78 is 9.81. The fourth-order valence-electron chi connectivity index (χ4n) is 2.33. The van der Waals surface area contributed by atoms with Crippen molar-refractivity contribution in [1.29, 1.82) is 0 Å². The molecule has 0 aliphatic rings. The molecule has 2 rings (SSSR count). The molecule has 6 heteroatoms. The maximum atomic E-state index is 12.3. The first kappa shape index (κ1) is 18.5. The molecule has 0 heterocycles. The van der Waals surface area contributed by atoms with Crippen LogP contribution in [0.3, 0.4) is 0 Å². The van der Waals surface area contributed by atoms with Gasteiger partial charge in [0, 0.05) is 12.2 Å². The van der Waals surface area contributed by atoms with Crippen LogP contribution in [-0.4, -0.2) is 44.1 Å². The second-order valence-corrected chi connectivity index (χ2v) is 5.48. The Kier molecular flexibility index (Phi) is 6.98. The van der Waals surface area contributed by atoms with Crippen molar-refractivity contribution in [3.63, 3.8) is 0 Å². The zero-order chi connectivity index (χ0) is 18.1. The van der Waals surface area contributed by atoms with Crippen LogP contribution in [0, 0.1) is 0 Å². The zero-order valence-electron chi connectivity index (χ0n) is 14.4. The van der Waals surface area contributed by atoms with Gasteiger partial charge in [0.2, 0.25) is 5.91 Å². The minimum Gasteiger partial charge on any atom is -0.497 e. The molecule has 0 aliphatic carbocycles. The molecule has 0 fully saturated rings. The van der Waals surface area contributed by atoms with Gasteiger partial charge in [-0.1, -0.05) is 30.3 Å². The average molecular weight is 342 g/mol. The van der Waals surface area contributed by atoms with Crippen LogP contribution in [0.5, 0.6) is 5.75 Å². The molecule has 2 aromatic carbocycles. The molecular weight excluding hydrogens is 320 g/mol. The molecule has 0 bridgehead atoms. The molecule has 0 spiro atoms. The Hall–Kier alpha value is -2.86. The van der Waals surface area contributed by atoms with Gasteiger partial charge < -0.3 is 14.8 Å². The van der Waals surface area contributed by atoms with E-state index in [1.807, 2.05) is 30.3 Å². The maximum Gasteiger partial charge on any atom is 0.319 e. The Morgan fingerprint density at radius 2 is 1.64 bits per heavy atom. The van der Waals surface area contributed by atoms with Gasteiger partial charge in [0.05, 0.1) is 27.3 Å². The van der Waals surface area contributed by atoms with Crippen molar-refractivity contribution in [1.82, 2.24) is 4.90 Å². The molecule has 6 nitrogen and oxygen atoms in total. The van der Waals surface area contributed by atoms with Crippen LogP contribution in [0.1, 0.15) is 5.56 Å². The second kappa shape index (κ2) is 9.44. The zero-order valence-corrected chi connectivity index (χ0v) is 14.4. The quantitative estimate of drug-likeness (QED) is 0.746. The standard InChI is InChI=1S/C19H22N2O4/c1-24-17-10-8-16(9-11-17)20-18(22)13-21(14-19(23)25-2)12-15-6-4-3-5-7-15/h3-11H,12-14H2,1-2H3,(H,20,22). The van der Waals surface area contributed by atoms with Crippen molar-refractivity contribution in [2.24, 2.45) is 0 Å². The van der Waals surface area contributed by atoms with Crippen molar-refractivity contribution in [2.45, 2.75) is 6.54 Å². The number of carbonyl (C=O) groups excluding carboxylic acids is 2. The summed E-state index contributed by atoms with van der Waals surface area (Å²) in [6.45, 7) is 0.601. The second-order valence-electron chi connectivity index (χ2n) is 5.48. The highest BCUT2D eigenvalue weighted by Gasteiger charge is 2.15. The summed E-state index contributed by atoms with van der Waals surface area (Å²) in [5, 5.41) is 2.81. The van der Waals surface area contributed by atoms with Gasteiger partial charge in [0.25, 0.3) is 0 Å². The van der Waals surface area contributed by atoms with E-state index in [1.165, 1.54) is 7.11 Å². The Bertz CT molecular complexity index is 686. The number of nitrogens with one attached hydrogen (secondary N) is 1. The number of nitrogens with zero attached hydrogens (tertiary/aromatic N) is 1. The predicted octanol–water partition coefficient (Wildman–Crippen LogP) is 2.31. The number of ether oxygens (including phenoxy) is 2. The van der Waals surface area contributed by atoms with Crippen molar-refractivity contribution in [3.05, 3.63) is 60.2 Å². The van der Waals surface area contributed by atoms with Gasteiger partial charge in [-0.05, 0) is 29.8 Å². The molecular formula is C19H22N2O4. The maximum absolute atomic E-state index is 12.3. The van der Waals surface area contributed by atoms with Crippen LogP contribution in [0.25, 0.3) is 0 Å². The lowest BCUT2D eigenvalue weighted by atomic mass is 10.2. The molecule has 25 heavy (non-hydrogen) atoms. The summed E-state index contributed by atoms with van der Waals surface area (Å²) in [5.74, 6) is 0.132. The summed E-state index contributed by atoms with van der Waals surface area (Å²) in [4.78, 5) is 25.7. The van der Waals surface area contributed by atoms with Crippen molar-refractivity contribution in [3.8, 4) is 5.75 Å². The van der Waals surface area contributed by atoms with E-state index in [4.69, 9.17) is 9.47 Å². The normalized spacial score (nSPS) is 10.4. The molecule has 1 amide bonds. The van der Waals surface area contributed by atoms with Crippen molar-refractivity contribution >= 4 is 17.6 Å². The lowest BCUT2D eigenvalue weighted by molar-refractivity contribution is -0.142. The molecule has 1 N–H and O–H groups in total. The van der Waals surface area contributed by atoms with Gasteiger partial charge in [0.15, 0.2) is 0 Å². The van der Waals surface area contributed by atoms with Gasteiger partial charge in [-0.15, -0.1) is 0 Å². The van der Waals surface area contributed by atoms with E-state index in [0.29, 0.717) is 12.2 Å². The van der Waals surface area contributed by atoms with Gasteiger partial charge in [-0.25, -0.2) is 0 Å². The van der Waals surface area contributed by atoms with Gasteiger partial charge in [-0.3, -0.25) is 14.5 Å². The van der Waals surface area contributed by atoms with Crippen LogP contribution in [0.4, 0.5) is 5.69 Å². The Balaban J connectivity index is 1.98. The number of amides is 1. The molecule has 0 saturated heterocycles. The first-order chi connectivity index (χ1) is 12.1. The Morgan fingerprint density at radius 3 is 2.24 bits per heavy atom. The van der Waals surface area contributed by atoms with Crippen LogP contribution in [-0.2, 0) is 20.9 Å². The number of anilines is 1. The van der Waals surface area contributed by atoms with E-state index in [0.717, 1.165) is 11.3 Å². The highest BCUT2D eigenvalue weighted by atomic mass is 16.5. The largest absolute Gasteiger partial charge is 0.497 e. The van der Waals surface area contributed by atoms with Crippen LogP contribution < -0.4 is 10.1 Å². The molecule has 0 aliphatic heterocycles. The first-order valence-corrected chi connectivity index (χ1v) is 7.87. The van der Waals surface area contributed by atoms with E-state index in [-0.39, 0.29) is 25.0 Å². The summed E-state index contributed by atoms with van der Waals surface area (Å²) in [7, 11) is 2.92. The summed E-state index contributed by atoms with van der Waals surface area (Å²) in [5.41, 5.74) is 1.69. The third-order valence-electron chi connectivity index (χ3n) is 3.57. The molecule has 132 valence electrons. The molecule has 0 atom stereocenters. The fourth-order valence-corrected chi connectivity index (χ4v) is 2.33. The van der Waals surface area contributed by atoms with Gasteiger partial charge >= 0.3 is 5.97 Å². The average Bonchev–Trinajstić information content (AvgIpc) is 2.63. The third-order valence-corrected chi connectivity index (χ3v) is 3.57. The third kappa shape index (κ3) is 6.27. The number of carbonyl (C=O) groups is 2. The van der Waals surface area contributed by atoms with Gasteiger partial charge in [-0.2, -0.15) is 0 Å². The fraction of sp³-hybridized carbons (Fsp3) is 0.263. The molecule has 0 radical (unpaired) electrons. The summed E-state index contributed by atoms with van der Waals surface area (Å²) in [6, 6.07) is 16.7. The lowest BCUT2D eigenvalue weighted by Gasteiger charge is -2.20. The molecule has 2 aromatic rings. The van der Waals surface area contributed by atoms with Crippen LogP contribution >= 0.6 is 0 Å². The van der Waals surface area contributed by atoms with Crippen molar-refractivity contribution in [2.75, 3.05) is 32.6 Å². The number of methoxy groups -OCH3 is 2. The smallest absolute Gasteiger partial charge is 0.319 e. The monoisotopic (exact) mass is 342 g/mol. The van der Waals surface area contributed by atoms with E-state index >= 15 is 0 Å². The molecule has 0 unspecified atom stereocenters. The minimum absolute atomic E-state index is 0.0431. The topological polar surface area (TPSA) is 67.9 Å².